The molecule has 2 aromatic carbocycles. The number of carbonyl (C=O) groups is 2. The number of anilines is 1. The number of nitrogens with one attached hydrogen (secondary N) is 2. The highest BCUT2D eigenvalue weighted by atomic mass is 16.5. The Morgan fingerprint density at radius 3 is 2.54 bits per heavy atom. The number of carbonyl (C=O) groups excluding carboxylic acids is 2. The number of aryl methyl sites for hydroxylation is 1. The van der Waals surface area contributed by atoms with E-state index < -0.39 is 11.8 Å². The summed E-state index contributed by atoms with van der Waals surface area (Å²) >= 11 is 0. The van der Waals surface area contributed by atoms with Gasteiger partial charge in [0.25, 0.3) is 0 Å². The van der Waals surface area contributed by atoms with Crippen LogP contribution in [-0.4, -0.2) is 24.6 Å². The van der Waals surface area contributed by atoms with Crippen molar-refractivity contribution in [2.24, 2.45) is 5.10 Å². The van der Waals surface area contributed by atoms with E-state index in [2.05, 4.69) is 15.8 Å². The van der Waals surface area contributed by atoms with Crippen LogP contribution in [0.2, 0.25) is 0 Å². The lowest BCUT2D eigenvalue weighted by atomic mass is 10.2. The Kier molecular flexibility index (Phi) is 6.08. The molecule has 0 aliphatic carbocycles. The second-order valence-electron chi connectivity index (χ2n) is 5.02. The molecule has 0 fully saturated rings. The van der Waals surface area contributed by atoms with Gasteiger partial charge in [0, 0.05) is 5.69 Å². The van der Waals surface area contributed by atoms with Crippen LogP contribution in [0.4, 0.5) is 5.69 Å². The molecule has 24 heavy (non-hydrogen) atoms. The van der Waals surface area contributed by atoms with E-state index in [4.69, 9.17) is 4.74 Å². The van der Waals surface area contributed by atoms with Crippen LogP contribution in [0.3, 0.4) is 0 Å². The minimum atomic E-state index is -0.835. The van der Waals surface area contributed by atoms with E-state index in [1.165, 1.54) is 6.21 Å². The molecule has 0 radical (unpaired) electrons. The Balaban J connectivity index is 1.86. The van der Waals surface area contributed by atoms with Crippen LogP contribution in [0.5, 0.6) is 5.75 Å². The number of amides is 2. The summed E-state index contributed by atoms with van der Waals surface area (Å²) in [4.78, 5) is 23.5. The maximum Gasteiger partial charge on any atom is 0.329 e. The highest BCUT2D eigenvalue weighted by Crippen LogP contribution is 2.11. The standard InChI is InChI=1S/C18H19N3O3/c1-3-24-16-9-7-14(8-10-16)12-19-21-18(23)17(22)20-15-6-4-5-13(2)11-15/h4-12H,3H2,1-2H3,(H,20,22)(H,21,23)/b19-12-. The zero-order valence-electron chi connectivity index (χ0n) is 13.6. The Bertz CT molecular complexity index is 739. The molecule has 0 saturated carbocycles. The van der Waals surface area contributed by atoms with Gasteiger partial charge in [0.1, 0.15) is 5.75 Å². The van der Waals surface area contributed by atoms with Crippen LogP contribution in [-0.2, 0) is 9.59 Å². The number of rotatable bonds is 5. The molecule has 2 rings (SSSR count). The summed E-state index contributed by atoms with van der Waals surface area (Å²) in [6, 6.07) is 14.4. The number of hydrogen-bond donors (Lipinski definition) is 2. The van der Waals surface area contributed by atoms with E-state index in [1.807, 2.05) is 19.9 Å². The molecule has 0 aliphatic heterocycles. The predicted octanol–water partition coefficient (Wildman–Crippen LogP) is 2.48. The van der Waals surface area contributed by atoms with Crippen LogP contribution in [0.15, 0.2) is 53.6 Å². The van der Waals surface area contributed by atoms with Gasteiger partial charge in [0.15, 0.2) is 0 Å². The van der Waals surface area contributed by atoms with Crippen LogP contribution in [0, 0.1) is 6.92 Å². The zero-order valence-corrected chi connectivity index (χ0v) is 13.6. The lowest BCUT2D eigenvalue weighted by Gasteiger charge is -2.04. The van der Waals surface area contributed by atoms with Crippen molar-refractivity contribution < 1.29 is 14.3 Å². The van der Waals surface area contributed by atoms with E-state index in [-0.39, 0.29) is 0 Å². The highest BCUT2D eigenvalue weighted by molar-refractivity contribution is 6.39. The summed E-state index contributed by atoms with van der Waals surface area (Å²) in [5.41, 5.74) is 4.52. The van der Waals surface area contributed by atoms with Gasteiger partial charge in [-0.1, -0.05) is 12.1 Å². The molecule has 0 saturated heterocycles. The monoisotopic (exact) mass is 325 g/mol. The summed E-state index contributed by atoms with van der Waals surface area (Å²) in [6.07, 6.45) is 1.45. The molecule has 2 amide bonds. The average Bonchev–Trinajstić information content (AvgIpc) is 2.56. The highest BCUT2D eigenvalue weighted by Gasteiger charge is 2.12. The predicted molar refractivity (Wildman–Crippen MR) is 93.2 cm³/mol. The molecule has 0 atom stereocenters. The van der Waals surface area contributed by atoms with Crippen LogP contribution < -0.4 is 15.5 Å². The van der Waals surface area contributed by atoms with Crippen molar-refractivity contribution in [2.45, 2.75) is 13.8 Å². The number of hydrogen-bond acceptors (Lipinski definition) is 4. The quantitative estimate of drug-likeness (QED) is 0.503. The molecule has 124 valence electrons. The number of hydrazone groups is 1. The summed E-state index contributed by atoms with van der Waals surface area (Å²) in [5.74, 6) is -0.848. The van der Waals surface area contributed by atoms with Crippen molar-refractivity contribution in [3.05, 3.63) is 59.7 Å². The first-order valence-electron chi connectivity index (χ1n) is 7.52. The van der Waals surface area contributed by atoms with Crippen molar-refractivity contribution in [2.75, 3.05) is 11.9 Å². The SMILES string of the molecule is CCOc1ccc(/C=N\NC(=O)C(=O)Nc2cccc(C)c2)cc1. The Labute approximate surface area is 140 Å². The van der Waals surface area contributed by atoms with Gasteiger partial charge in [-0.25, -0.2) is 5.43 Å². The summed E-state index contributed by atoms with van der Waals surface area (Å²) in [7, 11) is 0. The third-order valence-corrected chi connectivity index (χ3v) is 3.05. The summed E-state index contributed by atoms with van der Waals surface area (Å²) in [5, 5.41) is 6.28. The molecule has 2 aromatic rings. The normalized spacial score (nSPS) is 10.4. The van der Waals surface area contributed by atoms with Crippen molar-refractivity contribution in [1.82, 2.24) is 5.43 Å². The lowest BCUT2D eigenvalue weighted by Crippen LogP contribution is -2.32. The van der Waals surface area contributed by atoms with Gasteiger partial charge in [0.05, 0.1) is 12.8 Å². The van der Waals surface area contributed by atoms with Crippen molar-refractivity contribution in [3.8, 4) is 5.75 Å². The topological polar surface area (TPSA) is 79.8 Å². The Morgan fingerprint density at radius 1 is 1.12 bits per heavy atom. The third-order valence-electron chi connectivity index (χ3n) is 3.05. The zero-order chi connectivity index (χ0) is 17.4. The van der Waals surface area contributed by atoms with Gasteiger partial charge in [-0.3, -0.25) is 9.59 Å². The molecule has 0 heterocycles. The van der Waals surface area contributed by atoms with Crippen molar-refractivity contribution in [3.63, 3.8) is 0 Å². The van der Waals surface area contributed by atoms with E-state index in [1.54, 1.807) is 42.5 Å². The number of benzene rings is 2. The van der Waals surface area contributed by atoms with E-state index in [9.17, 15) is 9.59 Å². The van der Waals surface area contributed by atoms with Gasteiger partial charge < -0.3 is 10.1 Å². The first-order chi connectivity index (χ1) is 11.6. The van der Waals surface area contributed by atoms with Gasteiger partial charge in [-0.2, -0.15) is 5.10 Å². The fraction of sp³-hybridized carbons (Fsp3) is 0.167. The van der Waals surface area contributed by atoms with Crippen molar-refractivity contribution in [1.29, 1.82) is 0 Å². The van der Waals surface area contributed by atoms with Gasteiger partial charge >= 0.3 is 11.8 Å². The second-order valence-corrected chi connectivity index (χ2v) is 5.02. The second kappa shape index (κ2) is 8.47. The van der Waals surface area contributed by atoms with Crippen LogP contribution in [0.25, 0.3) is 0 Å². The first-order valence-corrected chi connectivity index (χ1v) is 7.52. The van der Waals surface area contributed by atoms with Crippen molar-refractivity contribution >= 4 is 23.7 Å². The van der Waals surface area contributed by atoms with Gasteiger partial charge in [-0.05, 0) is 61.4 Å². The molecule has 0 unspecified atom stereocenters. The molecule has 0 aliphatic rings. The third kappa shape index (κ3) is 5.24. The van der Waals surface area contributed by atoms with Gasteiger partial charge in [-0.15, -0.1) is 0 Å². The molecule has 0 bridgehead atoms. The van der Waals surface area contributed by atoms with E-state index in [0.29, 0.717) is 12.3 Å². The van der Waals surface area contributed by atoms with Crippen LogP contribution in [0.1, 0.15) is 18.1 Å². The lowest BCUT2D eigenvalue weighted by molar-refractivity contribution is -0.136. The maximum atomic E-state index is 11.8. The summed E-state index contributed by atoms with van der Waals surface area (Å²) < 4.78 is 5.33. The fourth-order valence-corrected chi connectivity index (χ4v) is 1.94. The fourth-order valence-electron chi connectivity index (χ4n) is 1.94. The average molecular weight is 325 g/mol. The van der Waals surface area contributed by atoms with Crippen LogP contribution >= 0.6 is 0 Å². The smallest absolute Gasteiger partial charge is 0.329 e. The molecular formula is C18H19N3O3. The Hall–Kier alpha value is -3.15. The Morgan fingerprint density at radius 2 is 1.88 bits per heavy atom. The van der Waals surface area contributed by atoms with E-state index in [0.717, 1.165) is 16.9 Å². The molecular weight excluding hydrogens is 306 g/mol. The minimum absolute atomic E-state index is 0.561. The largest absolute Gasteiger partial charge is 0.494 e. The number of ether oxygens (including phenoxy) is 1. The number of nitrogens with zero attached hydrogens (tertiary/aromatic N) is 1. The maximum absolute atomic E-state index is 11.8. The molecule has 2 N–H and O–H groups in total. The molecule has 0 aromatic heterocycles. The molecule has 6 nitrogen and oxygen atoms in total. The first kappa shape index (κ1) is 17.2. The molecule has 6 heteroatoms. The molecule has 0 spiro atoms. The minimum Gasteiger partial charge on any atom is -0.494 e. The van der Waals surface area contributed by atoms with Gasteiger partial charge in [0.2, 0.25) is 0 Å². The summed E-state index contributed by atoms with van der Waals surface area (Å²) in [6.45, 7) is 4.41. The van der Waals surface area contributed by atoms with E-state index >= 15 is 0 Å².